The van der Waals surface area contributed by atoms with Crippen molar-refractivity contribution < 1.29 is 13.2 Å². The number of nitrogens with zero attached hydrogens (tertiary/aromatic N) is 4. The number of imidazole rings is 1. The van der Waals surface area contributed by atoms with E-state index >= 15 is 0 Å². The van der Waals surface area contributed by atoms with Gasteiger partial charge in [0, 0.05) is 17.4 Å². The Morgan fingerprint density at radius 3 is 2.23 bits per heavy atom. The molecule has 1 N–H and O–H groups in total. The van der Waals surface area contributed by atoms with Crippen LogP contribution in [-0.4, -0.2) is 28.2 Å². The number of nitrogens with one attached hydrogen (secondary N) is 1. The molecular formula is C21H19N5O3S. The summed E-state index contributed by atoms with van der Waals surface area (Å²) >= 11 is 0. The van der Waals surface area contributed by atoms with Gasteiger partial charge in [0.05, 0.1) is 10.6 Å². The average molecular weight is 421 g/mol. The summed E-state index contributed by atoms with van der Waals surface area (Å²) < 4.78 is 34.9. The summed E-state index contributed by atoms with van der Waals surface area (Å²) in [5.74, 6) is 1.48. The zero-order valence-corrected chi connectivity index (χ0v) is 17.2. The minimum Gasteiger partial charge on any atom is -0.438 e. The molecule has 0 aliphatic heterocycles. The molecular weight excluding hydrogens is 402 g/mol. The third-order valence-electron chi connectivity index (χ3n) is 4.51. The lowest BCUT2D eigenvalue weighted by Crippen LogP contribution is -2.12. The molecule has 2 aromatic heterocycles. The van der Waals surface area contributed by atoms with Crippen LogP contribution in [0.5, 0.6) is 11.6 Å². The van der Waals surface area contributed by atoms with Crippen molar-refractivity contribution in [2.75, 3.05) is 4.72 Å². The largest absolute Gasteiger partial charge is 0.438 e. The molecule has 0 atom stereocenters. The van der Waals surface area contributed by atoms with Gasteiger partial charge in [0.25, 0.3) is 10.0 Å². The summed E-state index contributed by atoms with van der Waals surface area (Å²) in [5, 5.41) is 8.27. The number of sulfonamides is 1. The maximum Gasteiger partial charge on any atom is 0.261 e. The van der Waals surface area contributed by atoms with Gasteiger partial charge in [0.2, 0.25) is 5.88 Å². The van der Waals surface area contributed by atoms with Crippen molar-refractivity contribution in [1.29, 1.82) is 0 Å². The quantitative estimate of drug-likeness (QED) is 0.507. The number of hydrogen-bond acceptors (Lipinski definition) is 6. The molecule has 4 aromatic rings. The molecule has 8 nitrogen and oxygen atoms in total. The van der Waals surface area contributed by atoms with Gasteiger partial charge in [-0.15, -0.1) is 10.2 Å². The monoisotopic (exact) mass is 421 g/mol. The predicted molar refractivity (Wildman–Crippen MR) is 112 cm³/mol. The number of ether oxygens (including phenoxy) is 1. The first-order valence-corrected chi connectivity index (χ1v) is 10.6. The van der Waals surface area contributed by atoms with E-state index < -0.39 is 10.0 Å². The van der Waals surface area contributed by atoms with Gasteiger partial charge in [-0.2, -0.15) is 0 Å². The number of aromatic nitrogens is 4. The van der Waals surface area contributed by atoms with Crippen LogP contribution in [-0.2, 0) is 10.0 Å². The summed E-state index contributed by atoms with van der Waals surface area (Å²) in [7, 11) is -3.64. The number of aryl methyl sites for hydroxylation is 1. The van der Waals surface area contributed by atoms with Gasteiger partial charge in [0.15, 0.2) is 5.82 Å². The molecule has 0 radical (unpaired) electrons. The van der Waals surface area contributed by atoms with Crippen LogP contribution in [0.2, 0.25) is 0 Å². The highest BCUT2D eigenvalue weighted by atomic mass is 32.2. The molecule has 0 aliphatic rings. The fourth-order valence-corrected chi connectivity index (χ4v) is 3.83. The number of anilines is 1. The molecule has 0 saturated heterocycles. The molecule has 0 aliphatic carbocycles. The van der Waals surface area contributed by atoms with Crippen molar-refractivity contribution in [3.63, 3.8) is 0 Å². The zero-order chi connectivity index (χ0) is 21.1. The Morgan fingerprint density at radius 1 is 0.900 bits per heavy atom. The van der Waals surface area contributed by atoms with Gasteiger partial charge in [-0.05, 0) is 56.3 Å². The van der Waals surface area contributed by atoms with Crippen LogP contribution in [0.3, 0.4) is 0 Å². The van der Waals surface area contributed by atoms with E-state index in [0.29, 0.717) is 23.1 Å². The Labute approximate surface area is 174 Å². The van der Waals surface area contributed by atoms with E-state index in [2.05, 4.69) is 19.9 Å². The molecule has 9 heteroatoms. The third kappa shape index (κ3) is 4.15. The molecule has 2 aromatic carbocycles. The molecule has 0 bridgehead atoms. The first-order valence-electron chi connectivity index (χ1n) is 9.13. The first-order chi connectivity index (χ1) is 14.4. The van der Waals surface area contributed by atoms with Crippen LogP contribution in [0.15, 0.2) is 78.0 Å². The lowest BCUT2D eigenvalue weighted by molar-refractivity contribution is 0.454. The van der Waals surface area contributed by atoms with Crippen molar-refractivity contribution in [3.05, 3.63) is 84.4 Å². The van der Waals surface area contributed by atoms with Crippen molar-refractivity contribution in [1.82, 2.24) is 19.7 Å². The summed E-state index contributed by atoms with van der Waals surface area (Å²) in [6.07, 6.45) is 1.70. The van der Waals surface area contributed by atoms with Crippen LogP contribution in [0.4, 0.5) is 5.69 Å². The lowest BCUT2D eigenvalue weighted by atomic mass is 10.3. The SMILES string of the molecule is Cc1ncn(-c2ccc(Oc3ccc(NS(=O)(=O)c4ccccc4)cc3)nn2)c1C. The molecule has 0 fully saturated rings. The molecule has 0 spiro atoms. The van der Waals surface area contributed by atoms with Gasteiger partial charge in [-0.3, -0.25) is 9.29 Å². The fourth-order valence-electron chi connectivity index (χ4n) is 2.75. The van der Waals surface area contributed by atoms with E-state index in [0.717, 1.165) is 11.4 Å². The minimum atomic E-state index is -3.64. The van der Waals surface area contributed by atoms with Crippen LogP contribution >= 0.6 is 0 Å². The molecule has 0 amide bonds. The third-order valence-corrected chi connectivity index (χ3v) is 5.90. The molecule has 0 unspecified atom stereocenters. The van der Waals surface area contributed by atoms with E-state index in [1.165, 1.54) is 12.1 Å². The minimum absolute atomic E-state index is 0.198. The van der Waals surface area contributed by atoms with E-state index in [-0.39, 0.29) is 4.90 Å². The summed E-state index contributed by atoms with van der Waals surface area (Å²) in [6.45, 7) is 3.89. The summed E-state index contributed by atoms with van der Waals surface area (Å²) in [6, 6.07) is 18.2. The molecule has 2 heterocycles. The van der Waals surface area contributed by atoms with Gasteiger partial charge < -0.3 is 4.74 Å². The highest BCUT2D eigenvalue weighted by Crippen LogP contribution is 2.23. The zero-order valence-electron chi connectivity index (χ0n) is 16.4. The second-order valence-corrected chi connectivity index (χ2v) is 8.24. The van der Waals surface area contributed by atoms with Crippen molar-refractivity contribution in [2.45, 2.75) is 18.7 Å². The van der Waals surface area contributed by atoms with Crippen LogP contribution < -0.4 is 9.46 Å². The van der Waals surface area contributed by atoms with Crippen LogP contribution in [0, 0.1) is 13.8 Å². The Morgan fingerprint density at radius 2 is 1.63 bits per heavy atom. The number of benzene rings is 2. The average Bonchev–Trinajstić information content (AvgIpc) is 3.09. The highest BCUT2D eigenvalue weighted by molar-refractivity contribution is 7.92. The van der Waals surface area contributed by atoms with Crippen molar-refractivity contribution in [3.8, 4) is 17.4 Å². The Kier molecular flexibility index (Phi) is 5.20. The Balaban J connectivity index is 1.44. The topological polar surface area (TPSA) is 99.0 Å². The Bertz CT molecular complexity index is 1250. The van der Waals surface area contributed by atoms with E-state index in [9.17, 15) is 8.42 Å². The van der Waals surface area contributed by atoms with Crippen LogP contribution in [0.1, 0.15) is 11.4 Å². The smallest absolute Gasteiger partial charge is 0.261 e. The maximum atomic E-state index is 12.4. The maximum absolute atomic E-state index is 12.4. The normalized spacial score (nSPS) is 11.3. The standard InChI is InChI=1S/C21H19N5O3S/c1-15-16(2)26(14-22-15)20-12-13-21(24-23-20)29-18-10-8-17(9-11-18)25-30(27,28)19-6-4-3-5-7-19/h3-14,25H,1-2H3. The van der Waals surface area contributed by atoms with E-state index in [1.54, 1.807) is 60.9 Å². The predicted octanol–water partition coefficient (Wildman–Crippen LogP) is 3.87. The van der Waals surface area contributed by atoms with Gasteiger partial charge in [-0.25, -0.2) is 13.4 Å². The molecule has 30 heavy (non-hydrogen) atoms. The highest BCUT2D eigenvalue weighted by Gasteiger charge is 2.13. The van der Waals surface area contributed by atoms with E-state index in [4.69, 9.17) is 4.74 Å². The fraction of sp³-hybridized carbons (Fsp3) is 0.0952. The summed E-state index contributed by atoms with van der Waals surface area (Å²) in [5.41, 5.74) is 2.35. The van der Waals surface area contributed by atoms with Crippen molar-refractivity contribution in [2.24, 2.45) is 0 Å². The van der Waals surface area contributed by atoms with Gasteiger partial charge in [-0.1, -0.05) is 18.2 Å². The van der Waals surface area contributed by atoms with Crippen molar-refractivity contribution >= 4 is 15.7 Å². The molecule has 4 rings (SSSR count). The molecule has 152 valence electrons. The second-order valence-electron chi connectivity index (χ2n) is 6.56. The lowest BCUT2D eigenvalue weighted by Gasteiger charge is -2.09. The Hall–Kier alpha value is -3.72. The number of rotatable bonds is 6. The van der Waals surface area contributed by atoms with E-state index in [1.807, 2.05) is 18.4 Å². The first kappa shape index (κ1) is 19.6. The van der Waals surface area contributed by atoms with Crippen LogP contribution in [0.25, 0.3) is 5.82 Å². The van der Waals surface area contributed by atoms with Gasteiger partial charge in [0.1, 0.15) is 12.1 Å². The second kappa shape index (κ2) is 7.96. The van der Waals surface area contributed by atoms with Gasteiger partial charge >= 0.3 is 0 Å². The number of hydrogen-bond donors (Lipinski definition) is 1. The summed E-state index contributed by atoms with van der Waals surface area (Å²) in [4.78, 5) is 4.45. The molecule has 0 saturated carbocycles.